The van der Waals surface area contributed by atoms with E-state index in [2.05, 4.69) is 5.32 Å². The number of nitrogens with zero attached hydrogens (tertiary/aromatic N) is 1. The van der Waals surface area contributed by atoms with Gasteiger partial charge in [0.05, 0.1) is 0 Å². The van der Waals surface area contributed by atoms with E-state index >= 15 is 0 Å². The number of aryl methyl sites for hydroxylation is 2. The molecule has 0 bridgehead atoms. The Hall–Kier alpha value is -2.31. The number of carbonyl (C=O) groups is 1. The summed E-state index contributed by atoms with van der Waals surface area (Å²) in [6.45, 7) is 5.88. The zero-order valence-electron chi connectivity index (χ0n) is 15.1. The number of halogens is 1. The van der Waals surface area contributed by atoms with Crippen LogP contribution in [0.4, 0.5) is 0 Å². The van der Waals surface area contributed by atoms with Gasteiger partial charge in [-0.1, -0.05) is 11.6 Å². The number of amides is 1. The molecule has 1 heterocycles. The number of benzene rings is 1. The van der Waals surface area contributed by atoms with Crippen molar-refractivity contribution < 1.29 is 14.6 Å². The van der Waals surface area contributed by atoms with Gasteiger partial charge in [-0.3, -0.25) is 9.59 Å². The number of hydrogen-bond acceptors (Lipinski definition) is 4. The van der Waals surface area contributed by atoms with Gasteiger partial charge < -0.3 is 19.7 Å². The van der Waals surface area contributed by atoms with Gasteiger partial charge in [-0.05, 0) is 56.7 Å². The van der Waals surface area contributed by atoms with Gasteiger partial charge in [-0.15, -0.1) is 0 Å². The normalized spacial score (nSPS) is 11.9. The lowest BCUT2D eigenvalue weighted by Crippen LogP contribution is -2.39. The SMILES string of the molecule is CCn1c(C)cc(C)c(C(=O)NCC(O)COc2ccc(Cl)cc2)c1=O. The molecular formula is C19H23ClN2O4. The minimum atomic E-state index is -0.909. The number of aromatic nitrogens is 1. The second-order valence-electron chi connectivity index (χ2n) is 6.02. The summed E-state index contributed by atoms with van der Waals surface area (Å²) in [4.78, 5) is 24.9. The van der Waals surface area contributed by atoms with Gasteiger partial charge in [-0.25, -0.2) is 0 Å². The van der Waals surface area contributed by atoms with Gasteiger partial charge >= 0.3 is 0 Å². The summed E-state index contributed by atoms with van der Waals surface area (Å²) in [6, 6.07) is 8.56. The molecule has 0 radical (unpaired) electrons. The standard InChI is InChI=1S/C19H23ClN2O4/c1-4-22-13(3)9-12(2)17(19(22)25)18(24)21-10-15(23)11-26-16-7-5-14(20)6-8-16/h5-9,15,23H,4,10-11H2,1-3H3,(H,21,24). The molecule has 0 aliphatic carbocycles. The molecule has 1 amide bonds. The maximum atomic E-state index is 12.5. The van der Waals surface area contributed by atoms with Crippen LogP contribution in [-0.4, -0.2) is 34.8 Å². The highest BCUT2D eigenvalue weighted by atomic mass is 35.5. The third-order valence-electron chi connectivity index (χ3n) is 4.00. The molecule has 6 nitrogen and oxygen atoms in total. The molecule has 2 rings (SSSR count). The Kier molecular flexibility index (Phi) is 6.83. The van der Waals surface area contributed by atoms with E-state index in [1.165, 1.54) is 0 Å². The van der Waals surface area contributed by atoms with Gasteiger partial charge in [0.1, 0.15) is 24.0 Å². The quantitative estimate of drug-likeness (QED) is 0.774. The Bertz CT molecular complexity index is 831. The maximum Gasteiger partial charge on any atom is 0.263 e. The Balaban J connectivity index is 1.96. The second-order valence-corrected chi connectivity index (χ2v) is 6.46. The van der Waals surface area contributed by atoms with Gasteiger partial charge in [-0.2, -0.15) is 0 Å². The first-order valence-electron chi connectivity index (χ1n) is 8.39. The van der Waals surface area contributed by atoms with Crippen LogP contribution < -0.4 is 15.6 Å². The van der Waals surface area contributed by atoms with Crippen LogP contribution in [-0.2, 0) is 6.54 Å². The first-order chi connectivity index (χ1) is 12.3. The predicted molar refractivity (Wildman–Crippen MR) is 101 cm³/mol. The highest BCUT2D eigenvalue weighted by molar-refractivity contribution is 6.30. The lowest BCUT2D eigenvalue weighted by atomic mass is 10.1. The van der Waals surface area contributed by atoms with Crippen LogP contribution in [0.1, 0.15) is 28.5 Å². The van der Waals surface area contributed by atoms with E-state index in [4.69, 9.17) is 16.3 Å². The fraction of sp³-hybridized carbons (Fsp3) is 0.368. The number of rotatable bonds is 7. The summed E-state index contributed by atoms with van der Waals surface area (Å²) in [7, 11) is 0. The average Bonchev–Trinajstić information content (AvgIpc) is 2.59. The molecule has 1 unspecified atom stereocenters. The van der Waals surface area contributed by atoms with Crippen LogP contribution in [0.3, 0.4) is 0 Å². The fourth-order valence-electron chi connectivity index (χ4n) is 2.68. The van der Waals surface area contributed by atoms with Crippen LogP contribution >= 0.6 is 11.6 Å². The van der Waals surface area contributed by atoms with Crippen molar-refractivity contribution in [1.29, 1.82) is 0 Å². The van der Waals surface area contributed by atoms with Crippen molar-refractivity contribution in [3.63, 3.8) is 0 Å². The van der Waals surface area contributed by atoms with Crippen LogP contribution in [0.2, 0.25) is 5.02 Å². The van der Waals surface area contributed by atoms with Crippen LogP contribution in [0.15, 0.2) is 35.1 Å². The number of nitrogens with one attached hydrogen (secondary N) is 1. The molecule has 0 saturated carbocycles. The third-order valence-corrected chi connectivity index (χ3v) is 4.25. The average molecular weight is 379 g/mol. The van der Waals surface area contributed by atoms with Crippen molar-refractivity contribution in [3.05, 3.63) is 62.5 Å². The van der Waals surface area contributed by atoms with Crippen LogP contribution in [0, 0.1) is 13.8 Å². The van der Waals surface area contributed by atoms with E-state index in [9.17, 15) is 14.7 Å². The van der Waals surface area contributed by atoms with Gasteiger partial charge in [0.15, 0.2) is 0 Å². The first kappa shape index (κ1) is 20.0. The van der Waals surface area contributed by atoms with E-state index in [1.54, 1.807) is 41.8 Å². The van der Waals surface area contributed by atoms with E-state index in [-0.39, 0.29) is 24.3 Å². The van der Waals surface area contributed by atoms with Crippen molar-refractivity contribution in [1.82, 2.24) is 9.88 Å². The summed E-state index contributed by atoms with van der Waals surface area (Å²) in [5, 5.41) is 13.2. The molecule has 0 spiro atoms. The Morgan fingerprint density at radius 3 is 2.58 bits per heavy atom. The lowest BCUT2D eigenvalue weighted by molar-refractivity contribution is 0.0841. The molecular weight excluding hydrogens is 356 g/mol. The topological polar surface area (TPSA) is 80.6 Å². The molecule has 2 aromatic rings. The van der Waals surface area contributed by atoms with Crippen LogP contribution in [0.5, 0.6) is 5.75 Å². The van der Waals surface area contributed by atoms with Gasteiger partial charge in [0.25, 0.3) is 11.5 Å². The minimum absolute atomic E-state index is 0.00792. The molecule has 0 aliphatic heterocycles. The summed E-state index contributed by atoms with van der Waals surface area (Å²) in [6.07, 6.45) is -0.909. The molecule has 1 aromatic heterocycles. The number of ether oxygens (including phenoxy) is 1. The van der Waals surface area contributed by atoms with Crippen molar-refractivity contribution >= 4 is 17.5 Å². The molecule has 140 valence electrons. The lowest BCUT2D eigenvalue weighted by Gasteiger charge is -2.15. The predicted octanol–water partition coefficient (Wildman–Crippen LogP) is 2.31. The van der Waals surface area contributed by atoms with Crippen LogP contribution in [0.25, 0.3) is 0 Å². The molecule has 7 heteroatoms. The molecule has 0 aliphatic rings. The summed E-state index contributed by atoms with van der Waals surface area (Å²) in [5.74, 6) is 0.0697. The molecule has 0 fully saturated rings. The van der Waals surface area contributed by atoms with E-state index < -0.39 is 12.0 Å². The maximum absolute atomic E-state index is 12.5. The van der Waals surface area contributed by atoms with E-state index in [0.29, 0.717) is 22.9 Å². The summed E-state index contributed by atoms with van der Waals surface area (Å²) >= 11 is 5.79. The van der Waals surface area contributed by atoms with Crippen molar-refractivity contribution in [2.75, 3.05) is 13.2 Å². The van der Waals surface area contributed by atoms with Crippen molar-refractivity contribution in [2.45, 2.75) is 33.4 Å². The van der Waals surface area contributed by atoms with Gasteiger partial charge in [0.2, 0.25) is 0 Å². The number of hydrogen-bond donors (Lipinski definition) is 2. The highest BCUT2D eigenvalue weighted by Crippen LogP contribution is 2.15. The summed E-state index contributed by atoms with van der Waals surface area (Å²) in [5.41, 5.74) is 1.20. The Morgan fingerprint density at radius 2 is 1.96 bits per heavy atom. The zero-order valence-corrected chi connectivity index (χ0v) is 15.8. The smallest absolute Gasteiger partial charge is 0.263 e. The van der Waals surface area contributed by atoms with E-state index in [0.717, 1.165) is 5.69 Å². The minimum Gasteiger partial charge on any atom is -0.491 e. The monoisotopic (exact) mass is 378 g/mol. The molecule has 26 heavy (non-hydrogen) atoms. The number of pyridine rings is 1. The van der Waals surface area contributed by atoms with Crippen molar-refractivity contribution in [3.8, 4) is 5.75 Å². The largest absolute Gasteiger partial charge is 0.491 e. The molecule has 1 aromatic carbocycles. The number of aliphatic hydroxyl groups excluding tert-OH is 1. The number of aliphatic hydroxyl groups is 1. The Morgan fingerprint density at radius 1 is 1.31 bits per heavy atom. The second kappa shape index (κ2) is 8.87. The molecule has 1 atom stereocenters. The van der Waals surface area contributed by atoms with Crippen molar-refractivity contribution in [2.24, 2.45) is 0 Å². The molecule has 2 N–H and O–H groups in total. The highest BCUT2D eigenvalue weighted by Gasteiger charge is 2.18. The Labute approximate surface area is 157 Å². The number of carbonyl (C=O) groups excluding carboxylic acids is 1. The van der Waals surface area contributed by atoms with Gasteiger partial charge in [0, 0.05) is 23.8 Å². The van der Waals surface area contributed by atoms with E-state index in [1.807, 2.05) is 13.8 Å². The molecule has 0 saturated heterocycles. The third kappa shape index (κ3) is 4.86. The summed E-state index contributed by atoms with van der Waals surface area (Å²) < 4.78 is 6.98. The first-order valence-corrected chi connectivity index (χ1v) is 8.77. The zero-order chi connectivity index (χ0) is 19.3. The fourth-order valence-corrected chi connectivity index (χ4v) is 2.80.